The smallest absolute Gasteiger partial charge is 0.322 e. The number of rotatable bonds is 2. The zero-order valence-corrected chi connectivity index (χ0v) is 11.2. The Hall–Kier alpha value is -1.76. The highest BCUT2D eigenvalue weighted by Gasteiger charge is 2.49. The fourth-order valence-electron chi connectivity index (χ4n) is 2.67. The number of carbonyl (C=O) groups is 1. The molecule has 1 aromatic rings. The van der Waals surface area contributed by atoms with Crippen molar-refractivity contribution in [3.8, 4) is 5.75 Å². The molecule has 1 N–H and O–H groups in total. The van der Waals surface area contributed by atoms with Gasteiger partial charge in [-0.05, 0) is 12.1 Å². The number of urea groups is 1. The Balaban J connectivity index is 1.97. The molecule has 0 spiro atoms. The van der Waals surface area contributed by atoms with Gasteiger partial charge in [-0.2, -0.15) is 0 Å². The highest BCUT2D eigenvalue weighted by atomic mass is 32.2. The van der Waals surface area contributed by atoms with Crippen LogP contribution in [-0.4, -0.2) is 45.1 Å². The molecule has 7 heteroatoms. The molecule has 102 valence electrons. The molecule has 2 atom stereocenters. The summed E-state index contributed by atoms with van der Waals surface area (Å²) in [5, 5.41) is 2.72. The molecule has 2 saturated heterocycles. The quantitative estimate of drug-likeness (QED) is 0.796. The van der Waals surface area contributed by atoms with Crippen molar-refractivity contribution in [1.29, 1.82) is 0 Å². The van der Waals surface area contributed by atoms with Crippen LogP contribution in [0.1, 0.15) is 0 Å². The van der Waals surface area contributed by atoms with E-state index in [1.165, 1.54) is 4.90 Å². The largest absolute Gasteiger partial charge is 0.497 e. The molecule has 0 unspecified atom stereocenters. The molecule has 2 amide bonds. The van der Waals surface area contributed by atoms with Crippen LogP contribution in [0.2, 0.25) is 0 Å². The van der Waals surface area contributed by atoms with Gasteiger partial charge in [-0.3, -0.25) is 4.90 Å². The SMILES string of the molecule is COc1cccc(N2C(=O)N[C@@H]3CS(=O)(=O)C[C@@H]32)c1. The molecule has 0 radical (unpaired) electrons. The summed E-state index contributed by atoms with van der Waals surface area (Å²) in [5.74, 6) is 0.659. The van der Waals surface area contributed by atoms with Crippen LogP contribution in [0.4, 0.5) is 10.5 Å². The van der Waals surface area contributed by atoms with Gasteiger partial charge in [0.15, 0.2) is 9.84 Å². The van der Waals surface area contributed by atoms with Gasteiger partial charge in [0, 0.05) is 11.8 Å². The summed E-state index contributed by atoms with van der Waals surface area (Å²) >= 11 is 0. The number of carbonyl (C=O) groups excluding carboxylic acids is 1. The Morgan fingerprint density at radius 1 is 1.37 bits per heavy atom. The second-order valence-corrected chi connectivity index (χ2v) is 6.93. The maximum atomic E-state index is 12.0. The van der Waals surface area contributed by atoms with E-state index in [4.69, 9.17) is 4.74 Å². The lowest BCUT2D eigenvalue weighted by Gasteiger charge is -2.21. The van der Waals surface area contributed by atoms with Crippen LogP contribution in [0.5, 0.6) is 5.75 Å². The molecule has 19 heavy (non-hydrogen) atoms. The number of benzene rings is 1. The third-order valence-electron chi connectivity index (χ3n) is 3.51. The summed E-state index contributed by atoms with van der Waals surface area (Å²) in [6.07, 6.45) is 0. The Bertz CT molecular complexity index is 628. The van der Waals surface area contributed by atoms with E-state index < -0.39 is 9.84 Å². The monoisotopic (exact) mass is 282 g/mol. The van der Waals surface area contributed by atoms with Gasteiger partial charge in [0.05, 0.1) is 30.7 Å². The second kappa shape index (κ2) is 4.12. The number of amides is 2. The predicted octanol–water partition coefficient (Wildman–Crippen LogP) is 0.390. The van der Waals surface area contributed by atoms with Gasteiger partial charge in [-0.15, -0.1) is 0 Å². The number of ether oxygens (including phenoxy) is 1. The van der Waals surface area contributed by atoms with Gasteiger partial charge in [0.1, 0.15) is 5.75 Å². The average Bonchev–Trinajstić information content (AvgIpc) is 2.79. The lowest BCUT2D eigenvalue weighted by Crippen LogP contribution is -2.36. The minimum absolute atomic E-state index is 0.00756. The van der Waals surface area contributed by atoms with Crippen LogP contribution in [0.15, 0.2) is 24.3 Å². The molecule has 2 fully saturated rings. The lowest BCUT2D eigenvalue weighted by atomic mass is 10.1. The minimum Gasteiger partial charge on any atom is -0.497 e. The molecular weight excluding hydrogens is 268 g/mol. The predicted molar refractivity (Wildman–Crippen MR) is 70.2 cm³/mol. The molecule has 3 rings (SSSR count). The molecular formula is C12H14N2O4S. The highest BCUT2D eigenvalue weighted by Crippen LogP contribution is 2.31. The fraction of sp³-hybridized carbons (Fsp3) is 0.417. The minimum atomic E-state index is -3.07. The first-order valence-electron chi connectivity index (χ1n) is 5.94. The van der Waals surface area contributed by atoms with Crippen LogP contribution in [-0.2, 0) is 9.84 Å². The van der Waals surface area contributed by atoms with E-state index in [-0.39, 0.29) is 29.6 Å². The molecule has 6 nitrogen and oxygen atoms in total. The third-order valence-corrected chi connectivity index (χ3v) is 5.23. The van der Waals surface area contributed by atoms with Crippen LogP contribution < -0.4 is 15.0 Å². The number of nitrogens with one attached hydrogen (secondary N) is 1. The topological polar surface area (TPSA) is 75.7 Å². The summed E-state index contributed by atoms with van der Waals surface area (Å²) in [4.78, 5) is 13.5. The zero-order chi connectivity index (χ0) is 13.6. The number of hydrogen-bond acceptors (Lipinski definition) is 4. The molecule has 2 aliphatic heterocycles. The number of sulfone groups is 1. The lowest BCUT2D eigenvalue weighted by molar-refractivity contribution is 0.251. The Kier molecular flexibility index (Phi) is 2.67. The Morgan fingerprint density at radius 2 is 2.16 bits per heavy atom. The molecule has 0 aromatic heterocycles. The van der Waals surface area contributed by atoms with E-state index in [2.05, 4.69) is 5.32 Å². The molecule has 0 saturated carbocycles. The van der Waals surface area contributed by atoms with Gasteiger partial charge in [-0.1, -0.05) is 6.07 Å². The van der Waals surface area contributed by atoms with Crippen molar-refractivity contribution < 1.29 is 17.9 Å². The normalized spacial score (nSPS) is 28.1. The molecule has 1 aromatic carbocycles. The van der Waals surface area contributed by atoms with Gasteiger partial charge >= 0.3 is 6.03 Å². The Labute approximate surface area is 111 Å². The van der Waals surface area contributed by atoms with Crippen LogP contribution >= 0.6 is 0 Å². The molecule has 2 aliphatic rings. The Morgan fingerprint density at radius 3 is 2.89 bits per heavy atom. The first-order valence-corrected chi connectivity index (χ1v) is 7.76. The van der Waals surface area contributed by atoms with E-state index in [1.807, 2.05) is 0 Å². The number of hydrogen-bond donors (Lipinski definition) is 1. The number of nitrogens with zero attached hydrogens (tertiary/aromatic N) is 1. The fourth-order valence-corrected chi connectivity index (χ4v) is 4.56. The summed E-state index contributed by atoms with van der Waals surface area (Å²) in [6.45, 7) is 0. The van der Waals surface area contributed by atoms with Crippen molar-refractivity contribution in [1.82, 2.24) is 5.32 Å². The van der Waals surface area contributed by atoms with E-state index in [0.29, 0.717) is 11.4 Å². The highest BCUT2D eigenvalue weighted by molar-refractivity contribution is 7.91. The van der Waals surface area contributed by atoms with Gasteiger partial charge in [0.2, 0.25) is 0 Å². The molecule has 2 heterocycles. The van der Waals surface area contributed by atoms with Crippen molar-refractivity contribution in [2.24, 2.45) is 0 Å². The van der Waals surface area contributed by atoms with Crippen molar-refractivity contribution in [2.75, 3.05) is 23.5 Å². The van der Waals surface area contributed by atoms with Crippen LogP contribution in [0.25, 0.3) is 0 Å². The van der Waals surface area contributed by atoms with E-state index in [0.717, 1.165) is 0 Å². The summed E-state index contributed by atoms with van der Waals surface area (Å²) < 4.78 is 28.4. The molecule has 0 bridgehead atoms. The van der Waals surface area contributed by atoms with Crippen molar-refractivity contribution in [2.45, 2.75) is 12.1 Å². The zero-order valence-electron chi connectivity index (χ0n) is 10.4. The van der Waals surface area contributed by atoms with E-state index in [9.17, 15) is 13.2 Å². The van der Waals surface area contributed by atoms with Gasteiger partial charge in [0.25, 0.3) is 0 Å². The maximum absolute atomic E-state index is 12.0. The van der Waals surface area contributed by atoms with Crippen LogP contribution in [0.3, 0.4) is 0 Å². The molecule has 0 aliphatic carbocycles. The summed E-state index contributed by atoms with van der Waals surface area (Å²) in [5.41, 5.74) is 0.654. The van der Waals surface area contributed by atoms with Crippen LogP contribution in [0, 0.1) is 0 Å². The number of anilines is 1. The summed E-state index contributed by atoms with van der Waals surface area (Å²) in [7, 11) is -1.53. The van der Waals surface area contributed by atoms with Gasteiger partial charge in [-0.25, -0.2) is 13.2 Å². The second-order valence-electron chi connectivity index (χ2n) is 4.77. The number of methoxy groups -OCH3 is 1. The average molecular weight is 282 g/mol. The number of fused-ring (bicyclic) bond motifs is 1. The standard InChI is InChI=1S/C12H14N2O4S/c1-18-9-4-2-3-8(5-9)14-11-7-19(16,17)6-10(11)13-12(14)15/h2-5,10-11H,6-7H2,1H3,(H,13,15)/t10-,11+/m1/s1. The van der Waals surface area contributed by atoms with Crippen molar-refractivity contribution >= 4 is 21.6 Å². The summed E-state index contributed by atoms with van der Waals surface area (Å²) in [6, 6.07) is 6.16. The van der Waals surface area contributed by atoms with E-state index in [1.54, 1.807) is 31.4 Å². The van der Waals surface area contributed by atoms with Crippen molar-refractivity contribution in [3.05, 3.63) is 24.3 Å². The maximum Gasteiger partial charge on any atom is 0.322 e. The van der Waals surface area contributed by atoms with E-state index >= 15 is 0 Å². The van der Waals surface area contributed by atoms with Gasteiger partial charge < -0.3 is 10.1 Å². The first kappa shape index (κ1) is 12.3. The first-order chi connectivity index (χ1) is 9.00. The third kappa shape index (κ3) is 2.03. The van der Waals surface area contributed by atoms with Crippen molar-refractivity contribution in [3.63, 3.8) is 0 Å².